The average molecular weight is 814 g/mol. The number of hydrogen-bond donors (Lipinski definition) is 0. The summed E-state index contributed by atoms with van der Waals surface area (Å²) in [5.41, 5.74) is 12.1. The molecule has 1 aromatic heterocycles. The van der Waals surface area contributed by atoms with E-state index >= 15 is 0 Å². The van der Waals surface area contributed by atoms with Gasteiger partial charge in [0.25, 0.3) is 0 Å². The van der Waals surface area contributed by atoms with Crippen molar-refractivity contribution in [2.45, 2.75) is 0 Å². The molecule has 0 saturated carbocycles. The summed E-state index contributed by atoms with van der Waals surface area (Å²) in [6.07, 6.45) is 0. The summed E-state index contributed by atoms with van der Waals surface area (Å²) in [5.74, 6) is 0. The maximum absolute atomic E-state index is 6.66. The van der Waals surface area contributed by atoms with Crippen molar-refractivity contribution >= 4 is 92.9 Å². The van der Waals surface area contributed by atoms with E-state index in [1.807, 2.05) is 0 Å². The molecule has 298 valence electrons. The number of nitrogens with zero attached hydrogens (tertiary/aromatic N) is 1. The zero-order valence-corrected chi connectivity index (χ0v) is 34.9. The molecular formula is C62H39NO. The molecule has 0 fully saturated rings. The normalized spacial score (nSPS) is 11.8. The first-order valence-electron chi connectivity index (χ1n) is 22.0. The first-order chi connectivity index (χ1) is 31.7. The molecule has 0 N–H and O–H groups in total. The summed E-state index contributed by atoms with van der Waals surface area (Å²) in [6, 6.07) is 86.1. The third-order valence-corrected chi connectivity index (χ3v) is 13.2. The van der Waals surface area contributed by atoms with Gasteiger partial charge in [0.2, 0.25) is 0 Å². The number of rotatable bonds is 6. The lowest BCUT2D eigenvalue weighted by Crippen LogP contribution is -2.11. The summed E-state index contributed by atoms with van der Waals surface area (Å²) in [6.45, 7) is 0. The Morgan fingerprint density at radius 2 is 0.812 bits per heavy atom. The number of furan rings is 1. The highest BCUT2D eigenvalue weighted by atomic mass is 16.3. The van der Waals surface area contributed by atoms with Gasteiger partial charge in [-0.3, -0.25) is 0 Å². The standard InChI is InChI=1S/C62H39NO/c1-4-18-47-40(13-1)31-36-55-49(22-10-24-52(47)55)43-29-34-45(35-30-43)63(59-27-8-7-21-57(59)54-26-11-25-53-48-19-5-2-14-41(48)32-37-56(53)54)46-17-9-16-44(39-46)50-23-12-28-60-61(50)58-38-33-42-15-3-6-20-51(42)62(58)64-60/h1-39H. The number of hydrogen-bond acceptors (Lipinski definition) is 2. The van der Waals surface area contributed by atoms with Crippen LogP contribution >= 0.6 is 0 Å². The second-order valence-corrected chi connectivity index (χ2v) is 16.8. The van der Waals surface area contributed by atoms with Crippen LogP contribution in [0.1, 0.15) is 0 Å². The summed E-state index contributed by atoms with van der Waals surface area (Å²) >= 11 is 0. The van der Waals surface area contributed by atoms with Gasteiger partial charge in [-0.1, -0.05) is 194 Å². The van der Waals surface area contributed by atoms with Crippen molar-refractivity contribution in [3.63, 3.8) is 0 Å². The summed E-state index contributed by atoms with van der Waals surface area (Å²) < 4.78 is 6.66. The van der Waals surface area contributed by atoms with Crippen molar-refractivity contribution in [2.24, 2.45) is 0 Å². The lowest BCUT2D eigenvalue weighted by molar-refractivity contribution is 0.673. The minimum Gasteiger partial charge on any atom is -0.455 e. The van der Waals surface area contributed by atoms with E-state index in [2.05, 4.69) is 241 Å². The first kappa shape index (κ1) is 36.2. The molecule has 1 heterocycles. The molecule has 64 heavy (non-hydrogen) atoms. The molecular weight excluding hydrogens is 775 g/mol. The fourth-order valence-electron chi connectivity index (χ4n) is 10.3. The molecule has 13 rings (SSSR count). The Kier molecular flexibility index (Phi) is 8.25. The fraction of sp³-hybridized carbons (Fsp3) is 0. The molecule has 0 radical (unpaired) electrons. The second-order valence-electron chi connectivity index (χ2n) is 16.8. The Bertz CT molecular complexity index is 3970. The van der Waals surface area contributed by atoms with Crippen molar-refractivity contribution in [2.75, 3.05) is 4.90 Å². The zero-order chi connectivity index (χ0) is 42.1. The molecule has 0 unspecified atom stereocenters. The van der Waals surface area contributed by atoms with Crippen LogP contribution in [-0.4, -0.2) is 0 Å². The van der Waals surface area contributed by atoms with Crippen LogP contribution in [0.3, 0.4) is 0 Å². The van der Waals surface area contributed by atoms with Gasteiger partial charge in [-0.05, 0) is 119 Å². The van der Waals surface area contributed by atoms with E-state index in [-0.39, 0.29) is 0 Å². The minimum atomic E-state index is 0.886. The van der Waals surface area contributed by atoms with Crippen molar-refractivity contribution in [3.8, 4) is 33.4 Å². The van der Waals surface area contributed by atoms with E-state index in [1.165, 1.54) is 65.2 Å². The Morgan fingerprint density at radius 1 is 0.281 bits per heavy atom. The van der Waals surface area contributed by atoms with Crippen LogP contribution in [0.15, 0.2) is 241 Å². The van der Waals surface area contributed by atoms with Crippen LogP contribution < -0.4 is 4.90 Å². The maximum Gasteiger partial charge on any atom is 0.143 e. The molecule has 12 aromatic carbocycles. The van der Waals surface area contributed by atoms with E-state index < -0.39 is 0 Å². The van der Waals surface area contributed by atoms with Crippen molar-refractivity contribution in [1.82, 2.24) is 0 Å². The molecule has 2 heteroatoms. The van der Waals surface area contributed by atoms with Gasteiger partial charge in [0, 0.05) is 33.1 Å². The van der Waals surface area contributed by atoms with Gasteiger partial charge in [0.1, 0.15) is 11.2 Å². The lowest BCUT2D eigenvalue weighted by Gasteiger charge is -2.29. The maximum atomic E-state index is 6.66. The van der Waals surface area contributed by atoms with E-state index in [0.29, 0.717) is 0 Å². The van der Waals surface area contributed by atoms with Crippen LogP contribution in [0.2, 0.25) is 0 Å². The van der Waals surface area contributed by atoms with Gasteiger partial charge in [-0.15, -0.1) is 0 Å². The predicted molar refractivity (Wildman–Crippen MR) is 272 cm³/mol. The third-order valence-electron chi connectivity index (χ3n) is 13.2. The Morgan fingerprint density at radius 3 is 1.55 bits per heavy atom. The highest BCUT2D eigenvalue weighted by Gasteiger charge is 2.21. The van der Waals surface area contributed by atoms with Crippen LogP contribution in [0.4, 0.5) is 17.1 Å². The topological polar surface area (TPSA) is 16.4 Å². The summed E-state index contributed by atoms with van der Waals surface area (Å²) in [5, 5.41) is 14.6. The monoisotopic (exact) mass is 813 g/mol. The molecule has 13 aromatic rings. The summed E-state index contributed by atoms with van der Waals surface area (Å²) in [4.78, 5) is 2.43. The van der Waals surface area contributed by atoms with E-state index in [1.54, 1.807) is 0 Å². The Balaban J connectivity index is 1.01. The van der Waals surface area contributed by atoms with Gasteiger partial charge < -0.3 is 9.32 Å². The van der Waals surface area contributed by atoms with Gasteiger partial charge >= 0.3 is 0 Å². The van der Waals surface area contributed by atoms with Crippen molar-refractivity contribution in [3.05, 3.63) is 237 Å². The molecule has 0 aliphatic rings. The smallest absolute Gasteiger partial charge is 0.143 e. The summed E-state index contributed by atoms with van der Waals surface area (Å²) in [7, 11) is 0. The van der Waals surface area contributed by atoms with Crippen LogP contribution in [0.5, 0.6) is 0 Å². The lowest BCUT2D eigenvalue weighted by atomic mass is 9.93. The molecule has 0 spiro atoms. The Labute approximate surface area is 370 Å². The molecule has 0 saturated heterocycles. The van der Waals surface area contributed by atoms with Crippen LogP contribution in [0, 0.1) is 0 Å². The minimum absolute atomic E-state index is 0.886. The second kappa shape index (κ2) is 14.6. The van der Waals surface area contributed by atoms with Gasteiger partial charge in [-0.2, -0.15) is 0 Å². The number of para-hydroxylation sites is 1. The quantitative estimate of drug-likeness (QED) is 0.156. The Hall–Kier alpha value is -8.46. The average Bonchev–Trinajstić information content (AvgIpc) is 3.76. The molecule has 0 aliphatic heterocycles. The highest BCUT2D eigenvalue weighted by molar-refractivity contribution is 6.19. The largest absolute Gasteiger partial charge is 0.455 e. The fourth-order valence-corrected chi connectivity index (χ4v) is 10.3. The predicted octanol–water partition coefficient (Wildman–Crippen LogP) is 17.8. The SMILES string of the molecule is c1cc(-c2cccc3oc4c5ccccc5ccc4c23)cc(N(c2ccc(-c3cccc4c3ccc3ccccc34)cc2)c2ccccc2-c2cccc3c2ccc2ccccc23)c1. The number of fused-ring (bicyclic) bond motifs is 11. The molecule has 0 aliphatic carbocycles. The van der Waals surface area contributed by atoms with E-state index in [9.17, 15) is 0 Å². The molecule has 0 bridgehead atoms. The number of benzene rings is 12. The van der Waals surface area contributed by atoms with E-state index in [4.69, 9.17) is 4.42 Å². The van der Waals surface area contributed by atoms with Crippen LogP contribution in [-0.2, 0) is 0 Å². The van der Waals surface area contributed by atoms with Crippen LogP contribution in [0.25, 0.3) is 109 Å². The highest BCUT2D eigenvalue weighted by Crippen LogP contribution is 2.46. The number of anilines is 3. The zero-order valence-electron chi connectivity index (χ0n) is 34.9. The van der Waals surface area contributed by atoms with Crippen molar-refractivity contribution < 1.29 is 4.42 Å². The molecule has 0 atom stereocenters. The van der Waals surface area contributed by atoms with E-state index in [0.717, 1.165) is 61.1 Å². The first-order valence-corrected chi connectivity index (χ1v) is 22.0. The molecule has 0 amide bonds. The van der Waals surface area contributed by atoms with Gasteiger partial charge in [0.05, 0.1) is 5.69 Å². The van der Waals surface area contributed by atoms with Gasteiger partial charge in [0.15, 0.2) is 0 Å². The van der Waals surface area contributed by atoms with Crippen molar-refractivity contribution in [1.29, 1.82) is 0 Å². The third kappa shape index (κ3) is 5.73. The molecule has 2 nitrogen and oxygen atoms in total. The van der Waals surface area contributed by atoms with Gasteiger partial charge in [-0.25, -0.2) is 0 Å².